The number of pyridine rings is 1. The van der Waals surface area contributed by atoms with Crippen LogP contribution in [-0.2, 0) is 23.2 Å². The Labute approximate surface area is 226 Å². The van der Waals surface area contributed by atoms with Crippen LogP contribution in [0.3, 0.4) is 0 Å². The van der Waals surface area contributed by atoms with E-state index in [-0.39, 0.29) is 29.7 Å². The van der Waals surface area contributed by atoms with Crippen LogP contribution in [-0.4, -0.2) is 27.4 Å². The van der Waals surface area contributed by atoms with E-state index < -0.39 is 11.4 Å². The summed E-state index contributed by atoms with van der Waals surface area (Å²) in [6.45, 7) is 4.24. The number of furan rings is 1. The van der Waals surface area contributed by atoms with E-state index in [1.54, 1.807) is 12.1 Å². The van der Waals surface area contributed by atoms with Crippen molar-refractivity contribution in [3.8, 4) is 0 Å². The number of aromatic nitrogens is 1. The van der Waals surface area contributed by atoms with E-state index in [1.165, 1.54) is 35.9 Å². The first-order chi connectivity index (χ1) is 18.8. The Morgan fingerprint density at radius 2 is 1.92 bits per heavy atom. The maximum absolute atomic E-state index is 14.4. The number of halogens is 1. The predicted molar refractivity (Wildman–Crippen MR) is 148 cm³/mol. The minimum absolute atomic E-state index is 0.0454. The minimum Gasteiger partial charge on any atom is -0.458 e. The molecule has 6 rings (SSSR count). The second-order valence-electron chi connectivity index (χ2n) is 10.4. The topological polar surface area (TPSA) is 66.6 Å². The number of rotatable bonds is 5. The molecule has 2 aromatic heterocycles. The Bertz CT molecular complexity index is 1680. The van der Waals surface area contributed by atoms with E-state index in [9.17, 15) is 14.3 Å². The Kier molecular flexibility index (Phi) is 6.28. The van der Waals surface area contributed by atoms with Crippen LogP contribution < -0.4 is 0 Å². The highest BCUT2D eigenvalue weighted by molar-refractivity contribution is 5.84. The molecule has 6 heteroatoms. The molecule has 5 aromatic rings. The van der Waals surface area contributed by atoms with Gasteiger partial charge in [-0.05, 0) is 66.8 Å². The standard InChI is InChI=1S/C33H29FN2O3/c1-21-8-10-26-24(16-21)13-15-36(32(26)23-6-4-3-5-7-23)31(37)18-22-9-11-29-25(17-22)19-30(39-29)33(2,38)27-12-14-35-20-28(27)34/h3-12,14,16-17,19-20,32,38H,13,15,18H2,1-2H3. The van der Waals surface area contributed by atoms with Gasteiger partial charge in [-0.3, -0.25) is 9.78 Å². The lowest BCUT2D eigenvalue weighted by atomic mass is 9.87. The van der Waals surface area contributed by atoms with Crippen molar-refractivity contribution in [2.24, 2.45) is 0 Å². The molecule has 2 unspecified atom stereocenters. The van der Waals surface area contributed by atoms with E-state index in [2.05, 4.69) is 42.2 Å². The SMILES string of the molecule is Cc1ccc2c(c1)CCN(C(=O)Cc1ccc3oc(C(C)(O)c4ccncc4F)cc3c1)C2c1ccccc1. The van der Waals surface area contributed by atoms with Crippen molar-refractivity contribution in [2.45, 2.75) is 38.3 Å². The summed E-state index contributed by atoms with van der Waals surface area (Å²) in [4.78, 5) is 19.5. The van der Waals surface area contributed by atoms with E-state index >= 15 is 0 Å². The molecule has 5 nitrogen and oxygen atoms in total. The second-order valence-corrected chi connectivity index (χ2v) is 10.4. The van der Waals surface area contributed by atoms with Gasteiger partial charge in [0.25, 0.3) is 0 Å². The zero-order chi connectivity index (χ0) is 27.1. The van der Waals surface area contributed by atoms with Crippen molar-refractivity contribution in [1.82, 2.24) is 9.88 Å². The van der Waals surface area contributed by atoms with Crippen molar-refractivity contribution >= 4 is 16.9 Å². The highest BCUT2D eigenvalue weighted by Crippen LogP contribution is 2.37. The zero-order valence-electron chi connectivity index (χ0n) is 21.9. The van der Waals surface area contributed by atoms with Gasteiger partial charge in [-0.1, -0.05) is 60.2 Å². The van der Waals surface area contributed by atoms with Gasteiger partial charge in [-0.2, -0.15) is 0 Å². The lowest BCUT2D eigenvalue weighted by Gasteiger charge is -2.38. The average molecular weight is 521 g/mol. The van der Waals surface area contributed by atoms with Crippen molar-refractivity contribution in [2.75, 3.05) is 6.54 Å². The minimum atomic E-state index is -1.68. The van der Waals surface area contributed by atoms with Gasteiger partial charge in [0.2, 0.25) is 5.91 Å². The third kappa shape index (κ3) is 4.61. The number of aliphatic hydroxyl groups is 1. The van der Waals surface area contributed by atoms with Crippen LogP contribution in [0.5, 0.6) is 0 Å². The average Bonchev–Trinajstić information content (AvgIpc) is 3.37. The first-order valence-corrected chi connectivity index (χ1v) is 13.1. The van der Waals surface area contributed by atoms with Crippen LogP contribution in [0.15, 0.2) is 95.7 Å². The molecule has 39 heavy (non-hydrogen) atoms. The molecule has 1 aliphatic heterocycles. The van der Waals surface area contributed by atoms with Gasteiger partial charge < -0.3 is 14.4 Å². The molecule has 1 amide bonds. The lowest BCUT2D eigenvalue weighted by molar-refractivity contribution is -0.132. The molecule has 1 aliphatic rings. The Morgan fingerprint density at radius 3 is 2.72 bits per heavy atom. The molecule has 0 fully saturated rings. The number of nitrogens with zero attached hydrogens (tertiary/aromatic N) is 2. The predicted octanol–water partition coefficient (Wildman–Crippen LogP) is 6.25. The third-order valence-corrected chi connectivity index (χ3v) is 7.68. The molecule has 0 aliphatic carbocycles. The zero-order valence-corrected chi connectivity index (χ0v) is 21.9. The van der Waals surface area contributed by atoms with Crippen LogP contribution in [0.2, 0.25) is 0 Å². The molecule has 0 saturated carbocycles. The number of amides is 1. The number of hydrogen-bond donors (Lipinski definition) is 1. The molecule has 3 heterocycles. The number of fused-ring (bicyclic) bond motifs is 2. The number of benzene rings is 3. The summed E-state index contributed by atoms with van der Waals surface area (Å²) in [5.41, 5.74) is 4.58. The second kappa shape index (κ2) is 9.79. The normalized spacial score (nSPS) is 16.6. The van der Waals surface area contributed by atoms with Gasteiger partial charge in [0.05, 0.1) is 18.7 Å². The fraction of sp³-hybridized carbons (Fsp3) is 0.212. The maximum Gasteiger partial charge on any atom is 0.227 e. The summed E-state index contributed by atoms with van der Waals surface area (Å²) in [7, 11) is 0. The monoisotopic (exact) mass is 520 g/mol. The largest absolute Gasteiger partial charge is 0.458 e. The highest BCUT2D eigenvalue weighted by Gasteiger charge is 2.34. The molecule has 0 saturated heterocycles. The molecule has 3 aromatic carbocycles. The van der Waals surface area contributed by atoms with Gasteiger partial charge in [-0.25, -0.2) is 4.39 Å². The Morgan fingerprint density at radius 1 is 1.10 bits per heavy atom. The number of hydrogen-bond acceptors (Lipinski definition) is 4. The first kappa shape index (κ1) is 25.0. The maximum atomic E-state index is 14.4. The Hall–Kier alpha value is -4.29. The smallest absolute Gasteiger partial charge is 0.227 e. The lowest BCUT2D eigenvalue weighted by Crippen LogP contribution is -2.41. The van der Waals surface area contributed by atoms with Crippen LogP contribution >= 0.6 is 0 Å². The summed E-state index contributed by atoms with van der Waals surface area (Å²) in [6.07, 6.45) is 3.55. The van der Waals surface area contributed by atoms with Crippen LogP contribution in [0.25, 0.3) is 11.0 Å². The molecule has 196 valence electrons. The van der Waals surface area contributed by atoms with Crippen molar-refractivity contribution in [3.63, 3.8) is 0 Å². The summed E-state index contributed by atoms with van der Waals surface area (Å²) in [5, 5.41) is 11.9. The molecule has 0 spiro atoms. The van der Waals surface area contributed by atoms with Crippen molar-refractivity contribution in [1.29, 1.82) is 0 Å². The highest BCUT2D eigenvalue weighted by atomic mass is 19.1. The molecule has 2 atom stereocenters. The fourth-order valence-corrected chi connectivity index (χ4v) is 5.64. The molecule has 1 N–H and O–H groups in total. The van der Waals surface area contributed by atoms with Crippen LogP contribution in [0, 0.1) is 12.7 Å². The molecule has 0 radical (unpaired) electrons. The fourth-order valence-electron chi connectivity index (χ4n) is 5.64. The summed E-state index contributed by atoms with van der Waals surface area (Å²) in [5.74, 6) is -0.345. The van der Waals surface area contributed by atoms with E-state index in [0.29, 0.717) is 12.1 Å². The summed E-state index contributed by atoms with van der Waals surface area (Å²) < 4.78 is 20.3. The van der Waals surface area contributed by atoms with Crippen LogP contribution in [0.1, 0.15) is 52.1 Å². The number of carbonyl (C=O) groups is 1. The molecule has 0 bridgehead atoms. The quantitative estimate of drug-likeness (QED) is 0.298. The molecular formula is C33H29FN2O3. The molecular weight excluding hydrogens is 491 g/mol. The van der Waals surface area contributed by atoms with Crippen molar-refractivity contribution < 1.29 is 18.7 Å². The van der Waals surface area contributed by atoms with Gasteiger partial charge >= 0.3 is 0 Å². The summed E-state index contributed by atoms with van der Waals surface area (Å²) >= 11 is 0. The third-order valence-electron chi connectivity index (χ3n) is 7.68. The van der Waals surface area contributed by atoms with Gasteiger partial charge in [0.15, 0.2) is 0 Å². The van der Waals surface area contributed by atoms with Gasteiger partial charge in [0.1, 0.15) is 22.8 Å². The van der Waals surface area contributed by atoms with Crippen LogP contribution in [0.4, 0.5) is 4.39 Å². The van der Waals surface area contributed by atoms with E-state index in [0.717, 1.165) is 29.1 Å². The van der Waals surface area contributed by atoms with Crippen molar-refractivity contribution in [3.05, 3.63) is 136 Å². The first-order valence-electron chi connectivity index (χ1n) is 13.1. The van der Waals surface area contributed by atoms with E-state index in [4.69, 9.17) is 4.42 Å². The van der Waals surface area contributed by atoms with Gasteiger partial charge in [-0.15, -0.1) is 0 Å². The number of aryl methyl sites for hydroxylation is 1. The Balaban J connectivity index is 1.29. The van der Waals surface area contributed by atoms with E-state index in [1.807, 2.05) is 35.2 Å². The summed E-state index contributed by atoms with van der Waals surface area (Å²) in [6, 6.07) is 25.2. The number of carbonyl (C=O) groups excluding carboxylic acids is 1. The van der Waals surface area contributed by atoms with Gasteiger partial charge in [0, 0.05) is 23.7 Å².